The van der Waals surface area contributed by atoms with Crippen molar-refractivity contribution in [2.24, 2.45) is 0 Å². The van der Waals surface area contributed by atoms with Crippen LogP contribution < -0.4 is 24.3 Å². The molecule has 2 aliphatic heterocycles. The van der Waals surface area contributed by atoms with Crippen LogP contribution in [0.5, 0.6) is 46.0 Å². The number of nitrogens with one attached hydrogen (secondary N) is 6. The molecule has 638 valence electrons. The van der Waals surface area contributed by atoms with Gasteiger partial charge in [-0.05, 0) is 249 Å². The maximum atomic E-state index is 12.7. The van der Waals surface area contributed by atoms with Crippen LogP contribution in [0.3, 0.4) is 0 Å². The summed E-state index contributed by atoms with van der Waals surface area (Å²) in [7, 11) is 0. The van der Waals surface area contributed by atoms with E-state index in [1.807, 2.05) is 248 Å². The molecule has 0 spiro atoms. The van der Waals surface area contributed by atoms with Crippen molar-refractivity contribution >= 4 is 69.7 Å². The Hall–Kier alpha value is -13.6. The number of aliphatic hydroxyl groups excluding tert-OH is 1. The Morgan fingerprint density at radius 1 is 0.533 bits per heavy atom. The molecule has 4 aromatic heterocycles. The molecular formula is C91H97CuIN15O14. The van der Waals surface area contributed by atoms with Crippen LogP contribution in [0.25, 0.3) is 54.7 Å². The summed E-state index contributed by atoms with van der Waals surface area (Å²) in [6, 6.07) is 69.4. The van der Waals surface area contributed by atoms with E-state index in [2.05, 4.69) is 72.9 Å². The number of hydrogen-bond acceptors (Lipinski definition) is 21. The topological polar surface area (TPSA) is 409 Å². The zero-order valence-electron chi connectivity index (χ0n) is 68.8. The summed E-state index contributed by atoms with van der Waals surface area (Å²) in [4.78, 5) is 77.9. The first-order chi connectivity index (χ1) is 57.7. The maximum Gasteiger partial charge on any atom is 1.00 e. The molecule has 0 unspecified atom stereocenters. The smallest absolute Gasteiger partial charge is 0.512 e. The van der Waals surface area contributed by atoms with Crippen LogP contribution in [-0.4, -0.2) is 135 Å². The van der Waals surface area contributed by atoms with Gasteiger partial charge in [0, 0.05) is 46.0 Å². The summed E-state index contributed by atoms with van der Waals surface area (Å²) < 4.78 is 35.6. The predicted octanol–water partition coefficient (Wildman–Crippen LogP) is 20.8. The van der Waals surface area contributed by atoms with Gasteiger partial charge in [-0.25, -0.2) is 25.5 Å². The predicted molar refractivity (Wildman–Crippen MR) is 468 cm³/mol. The minimum atomic E-state index is -0.596. The van der Waals surface area contributed by atoms with Crippen molar-refractivity contribution in [3.63, 3.8) is 0 Å². The number of aliphatic hydroxyl groups is 1. The SMILES string of the molecule is CC(=O)c1[nH]nc(-c2ccc(Oc3ccccc3)cc2)c1I.CC(=O)c1cc(-c2ccc(Oc3ccccc3)cc2)n[nH]1.CC(C)(C)OC=O.N=N.O.O[C@H]1CCCNC1.[C-]#N.[C-]#[N+]c1c(-c2ccc(Oc3ccccc3)cc2)n[nH]c1C(C)=O.[C-]#[N+]c1c(-c2ccc(Oc3ccccc3)cc2)nn([C@@H]2CCCN(C(=O)OC(C)(C)C)C2)c1C(C)=O.[Cu+].[HH]. The number of H-pyrrole nitrogens is 3. The molecule has 0 aliphatic carbocycles. The van der Waals surface area contributed by atoms with E-state index in [0.29, 0.717) is 59.4 Å². The third-order valence-electron chi connectivity index (χ3n) is 17.1. The number of aromatic amines is 3. The van der Waals surface area contributed by atoms with Gasteiger partial charge < -0.3 is 61.1 Å². The first-order valence-electron chi connectivity index (χ1n) is 37.8. The number of rotatable bonds is 18. The van der Waals surface area contributed by atoms with E-state index in [4.69, 9.17) is 69.9 Å². The van der Waals surface area contributed by atoms with Gasteiger partial charge in [0.1, 0.15) is 85.7 Å². The molecule has 0 bridgehead atoms. The monoisotopic (exact) mass is 1810 g/mol. The summed E-state index contributed by atoms with van der Waals surface area (Å²) in [5, 5.41) is 43.5. The fraction of sp³-hybridized carbons (Fsp3) is 0.242. The van der Waals surface area contributed by atoms with Gasteiger partial charge in [0.25, 0.3) is 6.47 Å². The van der Waals surface area contributed by atoms with Crippen LogP contribution in [0, 0.1) is 39.6 Å². The van der Waals surface area contributed by atoms with Crippen molar-refractivity contribution in [2.45, 2.75) is 118 Å². The minimum Gasteiger partial charge on any atom is -0.512 e. The first kappa shape index (κ1) is 99.0. The second kappa shape index (κ2) is 49.7. The molecule has 12 aromatic rings. The van der Waals surface area contributed by atoms with E-state index in [-0.39, 0.29) is 93.7 Å². The van der Waals surface area contributed by atoms with Gasteiger partial charge in [0.15, 0.2) is 23.1 Å². The van der Waals surface area contributed by atoms with E-state index in [1.165, 1.54) is 27.7 Å². The van der Waals surface area contributed by atoms with Crippen LogP contribution in [0.4, 0.5) is 16.2 Å². The molecule has 29 nitrogen and oxygen atoms in total. The number of ether oxygens (including phenoxy) is 6. The van der Waals surface area contributed by atoms with Crippen LogP contribution in [0.1, 0.15) is 144 Å². The second-order valence-electron chi connectivity index (χ2n) is 28.5. The van der Waals surface area contributed by atoms with Crippen LogP contribution in [0.2, 0.25) is 0 Å². The zero-order valence-corrected chi connectivity index (χ0v) is 71.9. The molecule has 31 heteroatoms. The van der Waals surface area contributed by atoms with E-state index in [0.717, 1.165) is 105 Å². The number of aromatic nitrogens is 8. The van der Waals surface area contributed by atoms with Gasteiger partial charge in [0.2, 0.25) is 11.4 Å². The molecule has 9 N–H and O–H groups in total. The van der Waals surface area contributed by atoms with Crippen LogP contribution >= 0.6 is 22.6 Å². The third kappa shape index (κ3) is 30.7. The van der Waals surface area contributed by atoms with Gasteiger partial charge in [-0.1, -0.05) is 97.1 Å². The van der Waals surface area contributed by atoms with Crippen molar-refractivity contribution < 1.29 is 86.3 Å². The summed E-state index contributed by atoms with van der Waals surface area (Å²) in [5.41, 5.74) is 16.9. The average molecular weight is 1820 g/mol. The largest absolute Gasteiger partial charge is 1.00 e. The van der Waals surface area contributed by atoms with Crippen molar-refractivity contribution in [3.05, 3.63) is 280 Å². The first-order valence-corrected chi connectivity index (χ1v) is 38.8. The number of carbonyl (C=O) groups is 6. The number of ketones is 4. The Labute approximate surface area is 733 Å². The Morgan fingerprint density at radius 3 is 1.27 bits per heavy atom. The van der Waals surface area contributed by atoms with Crippen LogP contribution in [0.15, 0.2) is 224 Å². The standard InChI is InChI=1S/C28H30N4O4.C18H13N3O2.C17H13IN2O2.C17H14N2O2.C5H11NO.C5H10O2.CN.Cu.H2N2.H2O.H2/c1-19(33)26-25(29-5)24(20-13-15-23(16-14-20)35-22-11-7-6-8-12-22)30-32(26)21-10-9-17-31(18-21)27(34)36-28(2,3)4;1-12(22)16-18(19-2)17(21-20-16)13-8-10-15(11-9-13)23-14-6-4-3-5-7-14;1-11(21)16-15(18)17(20-19-16)12-7-9-14(10-8-12)22-13-5-3-2-4-6-13;1-12(20)16-11-17(19-18-16)13-7-9-15(10-8-13)21-14-5-3-2-4-6-14;7-5-2-1-3-6-4-5;1-5(2,3)7-4-6;1-2;;1-2;;/h6-8,11-16,21H,9-10,17-18H2,1-4H3;3-11H,1H3,(H,20,21);2-10H,1H3,(H,19,20);2-11H,1H3,(H,18,19);5-7H,1-4H2;4H,1-3H3;;;1-2H;1H2;1H/q;;;;;;-1;+1;;;/t21-;;;;5-;;;;;;/m1...0....../s1. The number of β-amino-alcohol motifs (C(OH)–C–C–N with tert-alkyl or cyclic N) is 1. The third-order valence-corrected chi connectivity index (χ3v) is 18.1. The summed E-state index contributed by atoms with van der Waals surface area (Å²) in [5.74, 6) is 5.42. The molecule has 14 rings (SSSR count). The molecule has 2 atom stereocenters. The number of benzene rings is 8. The maximum absolute atomic E-state index is 12.7. The van der Waals surface area contributed by atoms with E-state index in [1.54, 1.807) is 27.8 Å². The Kier molecular flexibility index (Phi) is 40.3. The average Bonchev–Trinajstić information content (AvgIpc) is 1.62. The molecule has 8 aromatic carbocycles. The number of carbonyl (C=O) groups excluding carboxylic acids is 6. The van der Waals surface area contributed by atoms with Gasteiger partial charge >= 0.3 is 23.2 Å². The Balaban J connectivity index is 0.000000325. The molecule has 0 saturated carbocycles. The van der Waals surface area contributed by atoms with E-state index < -0.39 is 5.60 Å². The molecule has 2 saturated heterocycles. The van der Waals surface area contributed by atoms with Crippen molar-refractivity contribution in [3.8, 4) is 91.0 Å². The molecule has 2 aliphatic rings. The summed E-state index contributed by atoms with van der Waals surface area (Å²) in [6.45, 7) is 39.9. The van der Waals surface area contributed by atoms with Crippen molar-refractivity contribution in [1.29, 1.82) is 16.3 Å². The van der Waals surface area contributed by atoms with Crippen LogP contribution in [-0.2, 0) is 31.3 Å². The number of piperidine rings is 2. The molecule has 0 radical (unpaired) electrons. The van der Waals surface area contributed by atoms with E-state index in [9.17, 15) is 28.8 Å². The molecular weight excluding hydrogens is 1720 g/mol. The number of amides is 1. The van der Waals surface area contributed by atoms with Crippen molar-refractivity contribution in [2.75, 3.05) is 26.2 Å². The molecule has 1 amide bonds. The van der Waals surface area contributed by atoms with E-state index >= 15 is 0 Å². The van der Waals surface area contributed by atoms with Gasteiger partial charge in [-0.2, -0.15) is 20.4 Å². The molecule has 6 heterocycles. The normalized spacial score (nSPS) is 12.8. The van der Waals surface area contributed by atoms with Crippen molar-refractivity contribution in [1.82, 2.24) is 50.6 Å². The van der Waals surface area contributed by atoms with Gasteiger partial charge in [-0.15, -0.1) is 0 Å². The minimum absolute atomic E-state index is 0. The fourth-order valence-electron chi connectivity index (χ4n) is 11.5. The Morgan fingerprint density at radius 2 is 0.934 bits per heavy atom. The second-order valence-corrected chi connectivity index (χ2v) is 29.5. The fourth-order valence-corrected chi connectivity index (χ4v) is 12.4. The molecule has 122 heavy (non-hydrogen) atoms. The summed E-state index contributed by atoms with van der Waals surface area (Å²) >= 11 is 2.14. The summed E-state index contributed by atoms with van der Waals surface area (Å²) in [6.07, 6.45) is 3.13. The zero-order chi connectivity index (χ0) is 87.3. The number of nitrogens with zero attached hydrogens (tertiary/aromatic N) is 9. The number of likely N-dealkylation sites (tertiary alicyclic amines) is 1. The quantitative estimate of drug-likeness (QED) is 0.0105. The van der Waals surface area contributed by atoms with Gasteiger partial charge in [0.05, 0.1) is 45.9 Å². The number of halogens is 1. The molecule has 2 fully saturated rings. The Bertz CT molecular complexity index is 5400. The van der Waals surface area contributed by atoms with Gasteiger partial charge in [-0.3, -0.25) is 44.0 Å². The number of hydrogen-bond donors (Lipinski definition) is 7. The number of Topliss-reactive ketones (excluding diaryl/α,β-unsaturated/α-hetero) is 4. The number of para-hydroxylation sites is 4.